The first kappa shape index (κ1) is 17.8. The third-order valence-electron chi connectivity index (χ3n) is 4.99. The second-order valence-electron chi connectivity index (χ2n) is 6.86. The first-order chi connectivity index (χ1) is 13.5. The first-order valence-corrected chi connectivity index (χ1v) is 9.00. The highest BCUT2D eigenvalue weighted by molar-refractivity contribution is 6.05. The lowest BCUT2D eigenvalue weighted by Crippen LogP contribution is -2.44. The zero-order chi connectivity index (χ0) is 19.7. The van der Waals surface area contributed by atoms with E-state index in [1.165, 1.54) is 4.90 Å². The fraction of sp³-hybridized carbons (Fsp3) is 0.190. The van der Waals surface area contributed by atoms with E-state index in [2.05, 4.69) is 10.3 Å². The van der Waals surface area contributed by atoms with Crippen molar-refractivity contribution in [3.05, 3.63) is 66.4 Å². The van der Waals surface area contributed by atoms with E-state index in [0.717, 1.165) is 10.9 Å². The summed E-state index contributed by atoms with van der Waals surface area (Å²) in [7, 11) is 0. The number of para-hydroxylation sites is 2. The van der Waals surface area contributed by atoms with E-state index in [4.69, 9.17) is 0 Å². The van der Waals surface area contributed by atoms with E-state index in [1.54, 1.807) is 18.2 Å². The average molecular weight is 377 g/mol. The molecule has 28 heavy (non-hydrogen) atoms. The fourth-order valence-corrected chi connectivity index (χ4v) is 3.64. The third kappa shape index (κ3) is 3.34. The van der Waals surface area contributed by atoms with Crippen LogP contribution in [-0.4, -0.2) is 40.5 Å². The Morgan fingerprint density at radius 3 is 2.54 bits per heavy atom. The van der Waals surface area contributed by atoms with Crippen molar-refractivity contribution in [1.82, 2.24) is 10.3 Å². The van der Waals surface area contributed by atoms with Crippen LogP contribution in [0.1, 0.15) is 16.9 Å². The van der Waals surface area contributed by atoms with Gasteiger partial charge in [-0.05, 0) is 24.3 Å². The van der Waals surface area contributed by atoms with Gasteiger partial charge in [-0.1, -0.05) is 36.4 Å². The molecule has 3 N–H and O–H groups in total. The van der Waals surface area contributed by atoms with E-state index < -0.39 is 23.8 Å². The molecule has 0 saturated carbocycles. The molecule has 142 valence electrons. The van der Waals surface area contributed by atoms with Crippen molar-refractivity contribution in [2.24, 2.45) is 5.92 Å². The number of carboxylic acid groups (broad SMARTS) is 1. The van der Waals surface area contributed by atoms with Crippen molar-refractivity contribution in [1.29, 1.82) is 0 Å². The molecule has 4 rings (SSSR count). The lowest BCUT2D eigenvalue weighted by atomic mass is 9.99. The summed E-state index contributed by atoms with van der Waals surface area (Å²) in [6.45, 7) is 0.243. The molecular formula is C21H19N3O4. The number of H-pyrrole nitrogens is 1. The Hall–Kier alpha value is -3.61. The summed E-state index contributed by atoms with van der Waals surface area (Å²) in [5.41, 5.74) is 1.84. The number of aliphatic carboxylic acids is 1. The molecule has 1 fully saturated rings. The van der Waals surface area contributed by atoms with Gasteiger partial charge in [0.05, 0.1) is 6.42 Å². The summed E-state index contributed by atoms with van der Waals surface area (Å²) < 4.78 is 0. The molecule has 0 aliphatic carbocycles. The summed E-state index contributed by atoms with van der Waals surface area (Å²) in [6, 6.07) is 17.3. The molecule has 7 nitrogen and oxygen atoms in total. The summed E-state index contributed by atoms with van der Waals surface area (Å²) in [6.07, 6.45) is -0.202. The van der Waals surface area contributed by atoms with E-state index in [9.17, 15) is 19.5 Å². The first-order valence-electron chi connectivity index (χ1n) is 9.00. The number of rotatable bonds is 5. The minimum absolute atomic E-state index is 0.202. The maximum Gasteiger partial charge on any atom is 0.303 e. The van der Waals surface area contributed by atoms with Crippen molar-refractivity contribution in [3.63, 3.8) is 0 Å². The van der Waals surface area contributed by atoms with Gasteiger partial charge in [-0.15, -0.1) is 0 Å². The minimum atomic E-state index is -1.00. The lowest BCUT2D eigenvalue weighted by molar-refractivity contribution is -0.138. The maximum absolute atomic E-state index is 12.9. The van der Waals surface area contributed by atoms with Crippen LogP contribution in [0.2, 0.25) is 0 Å². The smallest absolute Gasteiger partial charge is 0.303 e. The van der Waals surface area contributed by atoms with Crippen LogP contribution < -0.4 is 10.2 Å². The van der Waals surface area contributed by atoms with Gasteiger partial charge in [0, 0.05) is 29.1 Å². The predicted octanol–water partition coefficient (Wildman–Crippen LogP) is 2.40. The van der Waals surface area contributed by atoms with Gasteiger partial charge in [0.15, 0.2) is 0 Å². The SMILES string of the molecule is O=C(O)CC1CN(c2ccccc2)C(=O)C1NC(=O)c1cc2ccccc2[nH]1. The molecule has 2 aromatic carbocycles. The molecule has 2 amide bonds. The van der Waals surface area contributed by atoms with Gasteiger partial charge in [0.2, 0.25) is 5.91 Å². The number of benzene rings is 2. The van der Waals surface area contributed by atoms with Crippen LogP contribution in [0, 0.1) is 5.92 Å². The molecular weight excluding hydrogens is 358 g/mol. The number of amides is 2. The maximum atomic E-state index is 12.9. The normalized spacial score (nSPS) is 19.1. The van der Waals surface area contributed by atoms with Crippen LogP contribution in [-0.2, 0) is 9.59 Å². The third-order valence-corrected chi connectivity index (χ3v) is 4.99. The van der Waals surface area contributed by atoms with Gasteiger partial charge < -0.3 is 20.3 Å². The molecule has 0 spiro atoms. The molecule has 2 heterocycles. The van der Waals surface area contributed by atoms with Crippen molar-refractivity contribution in [3.8, 4) is 0 Å². The van der Waals surface area contributed by atoms with E-state index >= 15 is 0 Å². The fourth-order valence-electron chi connectivity index (χ4n) is 3.64. The Kier molecular flexibility index (Phi) is 4.57. The Labute approximate surface area is 161 Å². The summed E-state index contributed by atoms with van der Waals surface area (Å²) >= 11 is 0. The number of carboxylic acids is 1. The van der Waals surface area contributed by atoms with Crippen LogP contribution in [0.4, 0.5) is 5.69 Å². The number of nitrogens with one attached hydrogen (secondary N) is 2. The minimum Gasteiger partial charge on any atom is -0.481 e. The lowest BCUT2D eigenvalue weighted by Gasteiger charge is -2.17. The molecule has 7 heteroatoms. The van der Waals surface area contributed by atoms with E-state index in [-0.39, 0.29) is 18.9 Å². The molecule has 1 saturated heterocycles. The molecule has 2 unspecified atom stereocenters. The number of hydrogen-bond acceptors (Lipinski definition) is 3. The molecule has 1 aliphatic rings. The van der Waals surface area contributed by atoms with Gasteiger partial charge >= 0.3 is 5.97 Å². The second kappa shape index (κ2) is 7.19. The number of anilines is 1. The zero-order valence-electron chi connectivity index (χ0n) is 15.0. The highest BCUT2D eigenvalue weighted by Crippen LogP contribution is 2.27. The Bertz CT molecular complexity index is 1010. The van der Waals surface area contributed by atoms with Crippen molar-refractivity contribution in [2.75, 3.05) is 11.4 Å². The van der Waals surface area contributed by atoms with Crippen LogP contribution >= 0.6 is 0 Å². The summed E-state index contributed by atoms with van der Waals surface area (Å²) in [5.74, 6) is -2.25. The molecule has 0 bridgehead atoms. The summed E-state index contributed by atoms with van der Waals surface area (Å²) in [4.78, 5) is 41.5. The van der Waals surface area contributed by atoms with Crippen LogP contribution in [0.3, 0.4) is 0 Å². The number of carbonyl (C=O) groups is 3. The number of hydrogen-bond donors (Lipinski definition) is 3. The summed E-state index contributed by atoms with van der Waals surface area (Å²) in [5, 5.41) is 12.9. The van der Waals surface area contributed by atoms with Crippen LogP contribution in [0.5, 0.6) is 0 Å². The number of fused-ring (bicyclic) bond motifs is 1. The van der Waals surface area contributed by atoms with Crippen molar-refractivity contribution in [2.45, 2.75) is 12.5 Å². The monoisotopic (exact) mass is 377 g/mol. The highest BCUT2D eigenvalue weighted by atomic mass is 16.4. The molecule has 1 aliphatic heterocycles. The molecule has 2 atom stereocenters. The number of nitrogens with zero attached hydrogens (tertiary/aromatic N) is 1. The zero-order valence-corrected chi connectivity index (χ0v) is 15.0. The Morgan fingerprint density at radius 1 is 1.11 bits per heavy atom. The van der Waals surface area contributed by atoms with E-state index in [0.29, 0.717) is 11.4 Å². The largest absolute Gasteiger partial charge is 0.481 e. The van der Waals surface area contributed by atoms with Gasteiger partial charge in [0.1, 0.15) is 11.7 Å². The van der Waals surface area contributed by atoms with Crippen LogP contribution in [0.25, 0.3) is 10.9 Å². The average Bonchev–Trinajstić information content (AvgIpc) is 3.25. The molecule has 1 aromatic heterocycles. The number of carbonyl (C=O) groups excluding carboxylic acids is 2. The van der Waals surface area contributed by atoms with Gasteiger partial charge in [-0.25, -0.2) is 0 Å². The van der Waals surface area contributed by atoms with Crippen LogP contribution in [0.15, 0.2) is 60.7 Å². The van der Waals surface area contributed by atoms with Gasteiger partial charge in [-0.2, -0.15) is 0 Å². The topological polar surface area (TPSA) is 102 Å². The number of aromatic amines is 1. The van der Waals surface area contributed by atoms with Crippen molar-refractivity contribution >= 4 is 34.4 Å². The van der Waals surface area contributed by atoms with Gasteiger partial charge in [0.25, 0.3) is 5.91 Å². The standard InChI is InChI=1S/C21H19N3O4/c25-18(26)11-14-12-24(15-7-2-1-3-8-15)21(28)19(14)23-20(27)17-10-13-6-4-5-9-16(13)22-17/h1-10,14,19,22H,11-12H2,(H,23,27)(H,25,26). The quantitative estimate of drug-likeness (QED) is 0.635. The van der Waals surface area contributed by atoms with Crippen molar-refractivity contribution < 1.29 is 19.5 Å². The molecule has 0 radical (unpaired) electrons. The Morgan fingerprint density at radius 2 is 1.82 bits per heavy atom. The second-order valence-corrected chi connectivity index (χ2v) is 6.86. The highest BCUT2D eigenvalue weighted by Gasteiger charge is 2.43. The van der Waals surface area contributed by atoms with E-state index in [1.807, 2.05) is 42.5 Å². The number of aromatic nitrogens is 1. The van der Waals surface area contributed by atoms with Gasteiger partial charge in [-0.3, -0.25) is 14.4 Å². The Balaban J connectivity index is 1.58. The predicted molar refractivity (Wildman–Crippen MR) is 104 cm³/mol. The molecule has 3 aromatic rings.